The molecule has 0 unspecified atom stereocenters. The van der Waals surface area contributed by atoms with Crippen molar-refractivity contribution in [2.24, 2.45) is 0 Å². The number of rotatable bonds is 7. The summed E-state index contributed by atoms with van der Waals surface area (Å²) in [5.74, 6) is 0. The molecule has 0 atom stereocenters. The molecule has 1 heterocycles. The number of nitrogens with one attached hydrogen (secondary N) is 1. The third-order valence-corrected chi connectivity index (χ3v) is 2.11. The predicted octanol–water partition coefficient (Wildman–Crippen LogP) is 0.474. The highest BCUT2D eigenvalue weighted by Gasteiger charge is 1.90. The van der Waals surface area contributed by atoms with E-state index in [1.165, 1.54) is 0 Å². The molecule has 0 fully saturated rings. The van der Waals surface area contributed by atoms with E-state index in [4.69, 9.17) is 4.74 Å². The third kappa shape index (κ3) is 5.34. The fourth-order valence-electron chi connectivity index (χ4n) is 1.28. The Labute approximate surface area is 89.9 Å². The second kappa shape index (κ2) is 7.20. The van der Waals surface area contributed by atoms with Crippen LogP contribution in [0.1, 0.15) is 6.42 Å². The maximum atomic E-state index is 10.8. The molecule has 15 heavy (non-hydrogen) atoms. The fourth-order valence-corrected chi connectivity index (χ4v) is 1.28. The average Bonchev–Trinajstić information content (AvgIpc) is 2.26. The molecule has 0 aromatic carbocycles. The zero-order chi connectivity index (χ0) is 10.9. The molecule has 0 bridgehead atoms. The van der Waals surface area contributed by atoms with Crippen LogP contribution in [-0.4, -0.2) is 31.4 Å². The van der Waals surface area contributed by atoms with E-state index in [0.717, 1.165) is 32.7 Å². The van der Waals surface area contributed by atoms with Crippen LogP contribution in [0.15, 0.2) is 29.3 Å². The monoisotopic (exact) mass is 210 g/mol. The number of hydrogen-bond acceptors (Lipinski definition) is 3. The van der Waals surface area contributed by atoms with Gasteiger partial charge in [-0.05, 0) is 13.0 Å². The van der Waals surface area contributed by atoms with Crippen LogP contribution >= 0.6 is 0 Å². The van der Waals surface area contributed by atoms with E-state index in [1.807, 2.05) is 17.0 Å². The van der Waals surface area contributed by atoms with Gasteiger partial charge in [-0.2, -0.15) is 0 Å². The van der Waals surface area contributed by atoms with Gasteiger partial charge in [0, 0.05) is 44.7 Å². The van der Waals surface area contributed by atoms with Gasteiger partial charge in [-0.3, -0.25) is 4.79 Å². The van der Waals surface area contributed by atoms with E-state index in [2.05, 4.69) is 5.32 Å². The zero-order valence-corrected chi connectivity index (χ0v) is 9.11. The lowest BCUT2D eigenvalue weighted by Crippen LogP contribution is -2.21. The first kappa shape index (κ1) is 11.9. The Bertz CT molecular complexity index is 302. The molecule has 4 heteroatoms. The number of pyridine rings is 1. The Morgan fingerprint density at radius 2 is 2.07 bits per heavy atom. The quantitative estimate of drug-likeness (QED) is 0.665. The summed E-state index contributed by atoms with van der Waals surface area (Å²) >= 11 is 0. The Morgan fingerprint density at radius 3 is 2.73 bits per heavy atom. The first-order chi connectivity index (χ1) is 7.33. The van der Waals surface area contributed by atoms with Gasteiger partial charge >= 0.3 is 0 Å². The highest BCUT2D eigenvalue weighted by atomic mass is 16.5. The van der Waals surface area contributed by atoms with Gasteiger partial charge in [-0.1, -0.05) is 0 Å². The number of hydrogen-bond donors (Lipinski definition) is 1. The van der Waals surface area contributed by atoms with Crippen molar-refractivity contribution in [1.29, 1.82) is 0 Å². The SMILES string of the molecule is COCCNCCCn1ccc(=O)cc1. The lowest BCUT2D eigenvalue weighted by Gasteiger charge is -2.06. The van der Waals surface area contributed by atoms with Gasteiger partial charge in [-0.25, -0.2) is 0 Å². The smallest absolute Gasteiger partial charge is 0.181 e. The van der Waals surface area contributed by atoms with Gasteiger partial charge < -0.3 is 14.6 Å². The number of ether oxygens (including phenoxy) is 1. The van der Waals surface area contributed by atoms with E-state index < -0.39 is 0 Å². The van der Waals surface area contributed by atoms with Crippen LogP contribution in [-0.2, 0) is 11.3 Å². The summed E-state index contributed by atoms with van der Waals surface area (Å²) in [4.78, 5) is 10.8. The third-order valence-electron chi connectivity index (χ3n) is 2.11. The first-order valence-electron chi connectivity index (χ1n) is 5.18. The number of aromatic nitrogens is 1. The minimum absolute atomic E-state index is 0.0597. The lowest BCUT2D eigenvalue weighted by atomic mass is 10.4. The summed E-state index contributed by atoms with van der Waals surface area (Å²) in [6, 6.07) is 3.16. The van der Waals surface area contributed by atoms with Gasteiger partial charge in [0.25, 0.3) is 0 Å². The molecule has 1 aromatic rings. The minimum Gasteiger partial charge on any atom is -0.383 e. The maximum absolute atomic E-state index is 10.8. The summed E-state index contributed by atoms with van der Waals surface area (Å²) in [6.45, 7) is 3.54. The van der Waals surface area contributed by atoms with Gasteiger partial charge in [0.05, 0.1) is 6.61 Å². The van der Waals surface area contributed by atoms with Crippen molar-refractivity contribution in [3.05, 3.63) is 34.7 Å². The molecule has 0 amide bonds. The van der Waals surface area contributed by atoms with Crippen molar-refractivity contribution in [3.8, 4) is 0 Å². The zero-order valence-electron chi connectivity index (χ0n) is 9.11. The van der Waals surface area contributed by atoms with Gasteiger partial charge in [0.1, 0.15) is 0 Å². The summed E-state index contributed by atoms with van der Waals surface area (Å²) in [6.07, 6.45) is 4.68. The molecule has 0 radical (unpaired) electrons. The second-order valence-electron chi connectivity index (χ2n) is 3.37. The standard InChI is InChI=1S/C11H18N2O2/c1-15-10-6-12-5-2-7-13-8-3-11(14)4-9-13/h3-4,8-9,12H,2,5-7,10H2,1H3. The molecule has 0 aliphatic rings. The molecular formula is C11H18N2O2. The van der Waals surface area contributed by atoms with E-state index in [0.29, 0.717) is 0 Å². The lowest BCUT2D eigenvalue weighted by molar-refractivity contribution is 0.199. The van der Waals surface area contributed by atoms with E-state index in [1.54, 1.807) is 19.2 Å². The molecule has 0 aliphatic carbocycles. The fraction of sp³-hybridized carbons (Fsp3) is 0.545. The predicted molar refractivity (Wildman–Crippen MR) is 60.1 cm³/mol. The van der Waals surface area contributed by atoms with E-state index >= 15 is 0 Å². The molecule has 0 saturated heterocycles. The first-order valence-corrected chi connectivity index (χ1v) is 5.18. The van der Waals surface area contributed by atoms with Crippen LogP contribution in [0.5, 0.6) is 0 Å². The van der Waals surface area contributed by atoms with Crippen molar-refractivity contribution in [2.75, 3.05) is 26.8 Å². The topological polar surface area (TPSA) is 43.3 Å². The van der Waals surface area contributed by atoms with Crippen LogP contribution in [0.2, 0.25) is 0 Å². The van der Waals surface area contributed by atoms with Gasteiger partial charge in [-0.15, -0.1) is 0 Å². The van der Waals surface area contributed by atoms with Crippen molar-refractivity contribution < 1.29 is 4.74 Å². The van der Waals surface area contributed by atoms with E-state index in [9.17, 15) is 4.79 Å². The van der Waals surface area contributed by atoms with Crippen LogP contribution in [0.25, 0.3) is 0 Å². The van der Waals surface area contributed by atoms with Crippen LogP contribution in [0.3, 0.4) is 0 Å². The van der Waals surface area contributed by atoms with Crippen molar-refractivity contribution in [3.63, 3.8) is 0 Å². The molecule has 0 saturated carbocycles. The Morgan fingerprint density at radius 1 is 1.33 bits per heavy atom. The maximum Gasteiger partial charge on any atom is 0.181 e. The molecular weight excluding hydrogens is 192 g/mol. The number of nitrogens with zero attached hydrogens (tertiary/aromatic N) is 1. The largest absolute Gasteiger partial charge is 0.383 e. The molecule has 1 aromatic heterocycles. The second-order valence-corrected chi connectivity index (χ2v) is 3.37. The molecule has 4 nitrogen and oxygen atoms in total. The van der Waals surface area contributed by atoms with Crippen LogP contribution < -0.4 is 10.7 Å². The minimum atomic E-state index is 0.0597. The molecule has 1 rings (SSSR count). The normalized spacial score (nSPS) is 10.5. The van der Waals surface area contributed by atoms with Crippen molar-refractivity contribution in [1.82, 2.24) is 9.88 Å². The Hall–Kier alpha value is -1.13. The van der Waals surface area contributed by atoms with Crippen LogP contribution in [0, 0.1) is 0 Å². The summed E-state index contributed by atoms with van der Waals surface area (Å²) < 4.78 is 6.93. The number of aryl methyl sites for hydroxylation is 1. The Kier molecular flexibility index (Phi) is 5.73. The molecule has 0 aliphatic heterocycles. The summed E-state index contributed by atoms with van der Waals surface area (Å²) in [7, 11) is 1.70. The van der Waals surface area contributed by atoms with Crippen molar-refractivity contribution >= 4 is 0 Å². The highest BCUT2D eigenvalue weighted by molar-refractivity contribution is 4.93. The van der Waals surface area contributed by atoms with Crippen LogP contribution in [0.4, 0.5) is 0 Å². The number of methoxy groups -OCH3 is 1. The molecule has 84 valence electrons. The van der Waals surface area contributed by atoms with Crippen molar-refractivity contribution in [2.45, 2.75) is 13.0 Å². The summed E-state index contributed by atoms with van der Waals surface area (Å²) in [5, 5.41) is 3.27. The summed E-state index contributed by atoms with van der Waals surface area (Å²) in [5.41, 5.74) is 0.0597. The van der Waals surface area contributed by atoms with Gasteiger partial charge in [0.2, 0.25) is 0 Å². The van der Waals surface area contributed by atoms with Gasteiger partial charge in [0.15, 0.2) is 5.43 Å². The molecule has 1 N–H and O–H groups in total. The highest BCUT2D eigenvalue weighted by Crippen LogP contribution is 1.88. The van der Waals surface area contributed by atoms with E-state index in [-0.39, 0.29) is 5.43 Å². The Balaban J connectivity index is 2.10. The average molecular weight is 210 g/mol. The molecule has 0 spiro atoms.